The molecule has 10 nitrogen and oxygen atoms in total. The molecule has 1 amide bonds. The standard InChI is InChI=1S/C19H17N5O5/c1-12-8-18(24(28)29)22-23(12)11-13-2-4-14(5-3-13)19(27)21-20-10-15-6-7-16(25)9-17(15)26/h2-10,25-26H,11H2,1H3,(H,21,27)/b20-10-. The molecule has 0 spiro atoms. The number of nitrogens with zero attached hydrogens (tertiary/aromatic N) is 4. The first-order chi connectivity index (χ1) is 13.8. The molecule has 0 aliphatic carbocycles. The number of aromatic nitrogens is 2. The summed E-state index contributed by atoms with van der Waals surface area (Å²) in [5, 5.41) is 37.4. The molecule has 3 N–H and O–H groups in total. The molecule has 3 aromatic rings. The number of amides is 1. The molecule has 0 atom stereocenters. The summed E-state index contributed by atoms with van der Waals surface area (Å²) in [5.41, 5.74) is 4.53. The van der Waals surface area contributed by atoms with Crippen molar-refractivity contribution >= 4 is 17.9 Å². The van der Waals surface area contributed by atoms with Gasteiger partial charge in [0.05, 0.1) is 29.6 Å². The van der Waals surface area contributed by atoms with Gasteiger partial charge in [0.15, 0.2) is 0 Å². The molecule has 10 heteroatoms. The Balaban J connectivity index is 1.62. The van der Waals surface area contributed by atoms with E-state index < -0.39 is 10.8 Å². The van der Waals surface area contributed by atoms with Gasteiger partial charge in [0.2, 0.25) is 0 Å². The van der Waals surface area contributed by atoms with Crippen molar-refractivity contribution in [2.45, 2.75) is 13.5 Å². The maximum absolute atomic E-state index is 12.2. The van der Waals surface area contributed by atoms with Crippen LogP contribution in [-0.4, -0.2) is 37.0 Å². The number of aromatic hydroxyl groups is 2. The van der Waals surface area contributed by atoms with E-state index in [1.165, 1.54) is 29.1 Å². The minimum atomic E-state index is -0.546. The summed E-state index contributed by atoms with van der Waals surface area (Å²) < 4.78 is 1.52. The van der Waals surface area contributed by atoms with Crippen LogP contribution in [0.5, 0.6) is 11.5 Å². The lowest BCUT2D eigenvalue weighted by atomic mass is 10.1. The summed E-state index contributed by atoms with van der Waals surface area (Å²) in [6.45, 7) is 2.06. The predicted molar refractivity (Wildman–Crippen MR) is 104 cm³/mol. The minimum Gasteiger partial charge on any atom is -0.508 e. The second-order valence-corrected chi connectivity index (χ2v) is 6.20. The summed E-state index contributed by atoms with van der Waals surface area (Å²) >= 11 is 0. The lowest BCUT2D eigenvalue weighted by molar-refractivity contribution is -0.389. The zero-order valence-electron chi connectivity index (χ0n) is 15.3. The van der Waals surface area contributed by atoms with Crippen LogP contribution < -0.4 is 5.43 Å². The summed E-state index contributed by atoms with van der Waals surface area (Å²) in [5.74, 6) is -0.904. The highest BCUT2D eigenvalue weighted by Crippen LogP contribution is 2.20. The second kappa shape index (κ2) is 8.21. The van der Waals surface area contributed by atoms with Crippen molar-refractivity contribution in [2.75, 3.05) is 0 Å². The Labute approximate surface area is 164 Å². The maximum Gasteiger partial charge on any atom is 0.390 e. The van der Waals surface area contributed by atoms with E-state index in [1.54, 1.807) is 31.2 Å². The molecule has 0 aliphatic rings. The third-order valence-electron chi connectivity index (χ3n) is 4.09. The van der Waals surface area contributed by atoms with Crippen molar-refractivity contribution in [2.24, 2.45) is 5.10 Å². The smallest absolute Gasteiger partial charge is 0.390 e. The Morgan fingerprint density at radius 2 is 1.97 bits per heavy atom. The topological polar surface area (TPSA) is 143 Å². The third kappa shape index (κ3) is 4.75. The van der Waals surface area contributed by atoms with Crippen molar-refractivity contribution in [3.8, 4) is 11.5 Å². The van der Waals surface area contributed by atoms with Gasteiger partial charge in [0.1, 0.15) is 11.5 Å². The van der Waals surface area contributed by atoms with Gasteiger partial charge in [0.25, 0.3) is 5.91 Å². The van der Waals surface area contributed by atoms with Crippen LogP contribution in [0.3, 0.4) is 0 Å². The fraction of sp³-hybridized carbons (Fsp3) is 0.105. The Hall–Kier alpha value is -4.21. The van der Waals surface area contributed by atoms with Crippen LogP contribution in [0.25, 0.3) is 0 Å². The Morgan fingerprint density at radius 1 is 1.24 bits per heavy atom. The fourth-order valence-corrected chi connectivity index (χ4v) is 2.54. The number of hydrazone groups is 1. The van der Waals surface area contributed by atoms with E-state index in [9.17, 15) is 25.1 Å². The zero-order valence-corrected chi connectivity index (χ0v) is 15.3. The van der Waals surface area contributed by atoms with Gasteiger partial charge in [-0.25, -0.2) is 5.43 Å². The zero-order chi connectivity index (χ0) is 21.0. The highest BCUT2D eigenvalue weighted by Gasteiger charge is 2.15. The van der Waals surface area contributed by atoms with Crippen LogP contribution in [0.2, 0.25) is 0 Å². The monoisotopic (exact) mass is 395 g/mol. The maximum atomic E-state index is 12.2. The van der Waals surface area contributed by atoms with E-state index in [0.717, 1.165) is 11.6 Å². The number of aryl methyl sites for hydroxylation is 1. The molecule has 0 radical (unpaired) electrons. The van der Waals surface area contributed by atoms with E-state index in [1.807, 2.05) is 0 Å². The van der Waals surface area contributed by atoms with E-state index in [0.29, 0.717) is 23.4 Å². The Kier molecular flexibility index (Phi) is 5.54. The van der Waals surface area contributed by atoms with E-state index in [4.69, 9.17) is 0 Å². The largest absolute Gasteiger partial charge is 0.508 e. The molecule has 2 aromatic carbocycles. The molecule has 0 bridgehead atoms. The summed E-state index contributed by atoms with van der Waals surface area (Å²) in [6, 6.07) is 12.0. The van der Waals surface area contributed by atoms with Crippen molar-refractivity contribution in [3.05, 3.63) is 81.0 Å². The molecule has 0 fully saturated rings. The SMILES string of the molecule is Cc1cc([N+](=O)[O-])nn1Cc1ccc(C(=O)N/N=C\c2ccc(O)cc2O)cc1. The molecule has 3 rings (SSSR count). The van der Waals surface area contributed by atoms with Crippen molar-refractivity contribution in [3.63, 3.8) is 0 Å². The number of carbonyl (C=O) groups excluding carboxylic acids is 1. The molecule has 0 saturated carbocycles. The third-order valence-corrected chi connectivity index (χ3v) is 4.09. The molecule has 0 saturated heterocycles. The van der Waals surface area contributed by atoms with Gasteiger partial charge in [-0.15, -0.1) is 0 Å². The lowest BCUT2D eigenvalue weighted by Gasteiger charge is -2.04. The first-order valence-electron chi connectivity index (χ1n) is 8.46. The van der Waals surface area contributed by atoms with Gasteiger partial charge in [-0.2, -0.15) is 9.78 Å². The Morgan fingerprint density at radius 3 is 2.59 bits per heavy atom. The first-order valence-corrected chi connectivity index (χ1v) is 8.46. The van der Waals surface area contributed by atoms with Crippen LogP contribution >= 0.6 is 0 Å². The molecule has 0 aliphatic heterocycles. The number of carbonyl (C=O) groups is 1. The second-order valence-electron chi connectivity index (χ2n) is 6.20. The number of phenolic OH excluding ortho intramolecular Hbond substituents is 2. The number of hydrogen-bond acceptors (Lipinski definition) is 7. The van der Waals surface area contributed by atoms with Crippen LogP contribution in [0.15, 0.2) is 53.6 Å². The Bertz CT molecular complexity index is 1090. The molecule has 0 unspecified atom stereocenters. The van der Waals surface area contributed by atoms with Crippen LogP contribution in [0.4, 0.5) is 5.82 Å². The van der Waals surface area contributed by atoms with Gasteiger partial charge in [0, 0.05) is 17.2 Å². The predicted octanol–water partition coefficient (Wildman–Crippen LogP) is 2.32. The number of nitrogens with one attached hydrogen (secondary N) is 1. The highest BCUT2D eigenvalue weighted by atomic mass is 16.6. The van der Waals surface area contributed by atoms with Crippen LogP contribution in [0, 0.1) is 17.0 Å². The van der Waals surface area contributed by atoms with Gasteiger partial charge in [-0.05, 0) is 41.7 Å². The van der Waals surface area contributed by atoms with E-state index in [-0.39, 0.29) is 17.3 Å². The van der Waals surface area contributed by atoms with Crippen LogP contribution in [-0.2, 0) is 6.54 Å². The number of benzene rings is 2. The number of phenols is 2. The molecule has 29 heavy (non-hydrogen) atoms. The summed E-state index contributed by atoms with van der Waals surface area (Å²) in [4.78, 5) is 22.4. The quantitative estimate of drug-likeness (QED) is 0.332. The van der Waals surface area contributed by atoms with E-state index in [2.05, 4.69) is 15.6 Å². The lowest BCUT2D eigenvalue weighted by Crippen LogP contribution is -2.17. The number of hydrogen-bond donors (Lipinski definition) is 3. The van der Waals surface area contributed by atoms with Crippen molar-refractivity contribution < 1.29 is 19.9 Å². The number of nitro groups is 1. The van der Waals surface area contributed by atoms with Gasteiger partial charge in [-0.1, -0.05) is 12.1 Å². The normalized spacial score (nSPS) is 10.9. The minimum absolute atomic E-state index is 0.0799. The summed E-state index contributed by atoms with van der Waals surface area (Å²) in [7, 11) is 0. The van der Waals surface area contributed by atoms with Crippen LogP contribution in [0.1, 0.15) is 27.2 Å². The average Bonchev–Trinajstić information content (AvgIpc) is 3.05. The molecular weight excluding hydrogens is 378 g/mol. The van der Waals surface area contributed by atoms with Crippen molar-refractivity contribution in [1.29, 1.82) is 0 Å². The van der Waals surface area contributed by atoms with Gasteiger partial charge < -0.3 is 20.3 Å². The van der Waals surface area contributed by atoms with Gasteiger partial charge in [-0.3, -0.25) is 4.79 Å². The average molecular weight is 395 g/mol. The fourth-order valence-electron chi connectivity index (χ4n) is 2.54. The van der Waals surface area contributed by atoms with E-state index >= 15 is 0 Å². The first kappa shape index (κ1) is 19.5. The number of rotatable bonds is 6. The molecule has 1 heterocycles. The van der Waals surface area contributed by atoms with Gasteiger partial charge >= 0.3 is 5.82 Å². The highest BCUT2D eigenvalue weighted by molar-refractivity contribution is 5.95. The summed E-state index contributed by atoms with van der Waals surface area (Å²) in [6.07, 6.45) is 1.26. The molecule has 148 valence electrons. The molecular formula is C19H17N5O5. The van der Waals surface area contributed by atoms with Crippen molar-refractivity contribution in [1.82, 2.24) is 15.2 Å². The molecule has 1 aromatic heterocycles.